The van der Waals surface area contributed by atoms with Crippen LogP contribution < -0.4 is 5.32 Å². The zero-order valence-electron chi connectivity index (χ0n) is 15.2. The Labute approximate surface area is 154 Å². The molecule has 0 radical (unpaired) electrons. The van der Waals surface area contributed by atoms with Crippen molar-refractivity contribution in [1.82, 2.24) is 20.2 Å². The Balaban J connectivity index is 1.38. The number of hydrogen-bond acceptors (Lipinski definition) is 4. The molecule has 1 amide bonds. The average Bonchev–Trinajstić information content (AvgIpc) is 2.72. The fourth-order valence-corrected chi connectivity index (χ4v) is 3.92. The minimum atomic E-state index is 0.251. The van der Waals surface area contributed by atoms with Crippen LogP contribution in [0.25, 0.3) is 0 Å². The highest BCUT2D eigenvalue weighted by molar-refractivity contribution is 5.76. The third-order valence-corrected chi connectivity index (χ3v) is 5.44. The molecular weight excluding hydrogens is 324 g/mol. The summed E-state index contributed by atoms with van der Waals surface area (Å²) in [6.07, 6.45) is 6.43. The second-order valence-electron chi connectivity index (χ2n) is 7.29. The molecule has 5 heteroatoms. The van der Waals surface area contributed by atoms with Crippen LogP contribution in [0.4, 0.5) is 0 Å². The van der Waals surface area contributed by atoms with Crippen LogP contribution in [0.3, 0.4) is 0 Å². The molecule has 1 atom stereocenters. The van der Waals surface area contributed by atoms with E-state index in [0.717, 1.165) is 57.7 Å². The van der Waals surface area contributed by atoms with E-state index in [1.807, 2.05) is 29.3 Å². The quantitative estimate of drug-likeness (QED) is 0.920. The predicted octanol–water partition coefficient (Wildman–Crippen LogP) is 2.46. The summed E-state index contributed by atoms with van der Waals surface area (Å²) in [5.74, 6) is 1.44. The molecule has 136 valence electrons. The number of nitrogens with one attached hydrogen (secondary N) is 1. The van der Waals surface area contributed by atoms with Crippen molar-refractivity contribution in [1.29, 1.82) is 0 Å². The van der Waals surface area contributed by atoms with Crippen LogP contribution in [0.5, 0.6) is 0 Å². The molecular formula is C21H26N4O. The van der Waals surface area contributed by atoms with Gasteiger partial charge in [-0.1, -0.05) is 30.3 Å². The molecule has 0 saturated carbocycles. The van der Waals surface area contributed by atoms with Gasteiger partial charge in [0.15, 0.2) is 0 Å². The van der Waals surface area contributed by atoms with E-state index in [1.165, 1.54) is 16.8 Å². The molecule has 5 nitrogen and oxygen atoms in total. The zero-order valence-corrected chi connectivity index (χ0v) is 15.2. The fourth-order valence-electron chi connectivity index (χ4n) is 3.92. The highest BCUT2D eigenvalue weighted by Gasteiger charge is 2.27. The minimum absolute atomic E-state index is 0.251. The molecule has 1 N–H and O–H groups in total. The van der Waals surface area contributed by atoms with Crippen LogP contribution >= 0.6 is 0 Å². The lowest BCUT2D eigenvalue weighted by molar-refractivity contribution is -0.132. The molecule has 4 rings (SSSR count). The van der Waals surface area contributed by atoms with Crippen molar-refractivity contribution in [2.75, 3.05) is 19.6 Å². The second kappa shape index (κ2) is 7.96. The molecule has 2 aliphatic rings. The molecule has 0 unspecified atom stereocenters. The van der Waals surface area contributed by atoms with Crippen molar-refractivity contribution in [2.24, 2.45) is 0 Å². The van der Waals surface area contributed by atoms with Gasteiger partial charge in [-0.15, -0.1) is 0 Å². The number of piperidine rings is 1. The molecule has 1 saturated heterocycles. The Bertz CT molecular complexity index is 762. The van der Waals surface area contributed by atoms with E-state index < -0.39 is 0 Å². The number of carbonyl (C=O) groups excluding carboxylic acids is 1. The van der Waals surface area contributed by atoms with Gasteiger partial charge < -0.3 is 10.2 Å². The molecule has 2 aliphatic heterocycles. The third kappa shape index (κ3) is 3.93. The van der Waals surface area contributed by atoms with Crippen molar-refractivity contribution < 1.29 is 4.79 Å². The molecule has 1 aromatic heterocycles. The van der Waals surface area contributed by atoms with Crippen molar-refractivity contribution >= 4 is 5.91 Å². The summed E-state index contributed by atoms with van der Waals surface area (Å²) in [7, 11) is 0. The Morgan fingerprint density at radius 1 is 1.27 bits per heavy atom. The number of aromatic nitrogens is 2. The molecule has 2 aromatic rings. The van der Waals surface area contributed by atoms with Gasteiger partial charge in [0.25, 0.3) is 0 Å². The number of likely N-dealkylation sites (tertiary alicyclic amines) is 1. The molecule has 3 heterocycles. The van der Waals surface area contributed by atoms with Crippen LogP contribution in [-0.4, -0.2) is 40.4 Å². The topological polar surface area (TPSA) is 58.1 Å². The smallest absolute Gasteiger partial charge is 0.222 e. The monoisotopic (exact) mass is 350 g/mol. The Hall–Kier alpha value is -2.27. The van der Waals surface area contributed by atoms with Crippen LogP contribution in [0.2, 0.25) is 0 Å². The van der Waals surface area contributed by atoms with E-state index >= 15 is 0 Å². The van der Waals surface area contributed by atoms with Gasteiger partial charge in [-0.3, -0.25) is 4.79 Å². The molecule has 26 heavy (non-hydrogen) atoms. The number of fused-ring (bicyclic) bond motifs is 1. The van der Waals surface area contributed by atoms with Crippen LogP contribution in [-0.2, 0) is 24.2 Å². The van der Waals surface area contributed by atoms with E-state index in [-0.39, 0.29) is 11.8 Å². The van der Waals surface area contributed by atoms with Gasteiger partial charge in [0.2, 0.25) is 5.91 Å². The predicted molar refractivity (Wildman–Crippen MR) is 101 cm³/mol. The number of aryl methyl sites for hydroxylation is 1. The lowest BCUT2D eigenvalue weighted by Crippen LogP contribution is -2.39. The summed E-state index contributed by atoms with van der Waals surface area (Å²) in [6, 6.07) is 10.2. The van der Waals surface area contributed by atoms with Gasteiger partial charge in [0.05, 0.1) is 0 Å². The summed E-state index contributed by atoms with van der Waals surface area (Å²) >= 11 is 0. The number of benzene rings is 1. The Morgan fingerprint density at radius 3 is 3.04 bits per heavy atom. The first-order valence-electron chi connectivity index (χ1n) is 9.67. The largest absolute Gasteiger partial charge is 0.342 e. The van der Waals surface area contributed by atoms with E-state index in [9.17, 15) is 4.79 Å². The summed E-state index contributed by atoms with van der Waals surface area (Å²) in [5.41, 5.74) is 3.62. The molecule has 1 aromatic carbocycles. The summed E-state index contributed by atoms with van der Waals surface area (Å²) in [4.78, 5) is 24.1. The van der Waals surface area contributed by atoms with Gasteiger partial charge in [-0.2, -0.15) is 0 Å². The zero-order chi connectivity index (χ0) is 17.8. The van der Waals surface area contributed by atoms with Gasteiger partial charge in [0, 0.05) is 62.4 Å². The maximum Gasteiger partial charge on any atom is 0.222 e. The number of rotatable bonds is 4. The highest BCUT2D eigenvalue weighted by Crippen LogP contribution is 2.26. The summed E-state index contributed by atoms with van der Waals surface area (Å²) in [6.45, 7) is 3.46. The third-order valence-electron chi connectivity index (χ3n) is 5.44. The number of amides is 1. The lowest BCUT2D eigenvalue weighted by Gasteiger charge is -2.32. The first kappa shape index (κ1) is 17.2. The number of nitrogens with zero attached hydrogens (tertiary/aromatic N) is 3. The maximum atomic E-state index is 12.7. The molecule has 1 fully saturated rings. The van der Waals surface area contributed by atoms with Crippen molar-refractivity contribution in [2.45, 2.75) is 44.6 Å². The van der Waals surface area contributed by atoms with Crippen LogP contribution in [0.15, 0.2) is 36.5 Å². The van der Waals surface area contributed by atoms with E-state index in [2.05, 4.69) is 22.4 Å². The molecule has 0 aliphatic carbocycles. The summed E-state index contributed by atoms with van der Waals surface area (Å²) < 4.78 is 0. The van der Waals surface area contributed by atoms with Crippen molar-refractivity contribution in [3.8, 4) is 0 Å². The molecule has 0 spiro atoms. The van der Waals surface area contributed by atoms with Gasteiger partial charge >= 0.3 is 0 Å². The number of carbonyl (C=O) groups is 1. The normalized spacial score (nSPS) is 19.8. The van der Waals surface area contributed by atoms with E-state index in [1.54, 1.807) is 0 Å². The van der Waals surface area contributed by atoms with Crippen LogP contribution in [0, 0.1) is 0 Å². The SMILES string of the molecule is O=C(CCc1ccccc1)N1CCC[C@H](c2ncc3c(n2)CCNC3)C1. The van der Waals surface area contributed by atoms with Gasteiger partial charge in [-0.25, -0.2) is 9.97 Å². The van der Waals surface area contributed by atoms with Crippen LogP contribution in [0.1, 0.15) is 47.8 Å². The number of hydrogen-bond donors (Lipinski definition) is 1. The first-order chi connectivity index (χ1) is 12.8. The molecule has 0 bridgehead atoms. The van der Waals surface area contributed by atoms with Crippen molar-refractivity contribution in [3.05, 3.63) is 59.2 Å². The lowest BCUT2D eigenvalue weighted by atomic mass is 9.96. The first-order valence-corrected chi connectivity index (χ1v) is 9.67. The van der Waals surface area contributed by atoms with Gasteiger partial charge in [-0.05, 0) is 24.8 Å². The second-order valence-corrected chi connectivity index (χ2v) is 7.29. The van der Waals surface area contributed by atoms with E-state index in [0.29, 0.717) is 6.42 Å². The van der Waals surface area contributed by atoms with Gasteiger partial charge in [0.1, 0.15) is 5.82 Å². The Morgan fingerprint density at radius 2 is 2.15 bits per heavy atom. The standard InChI is InChI=1S/C21H26N4O/c26-20(9-8-16-5-2-1-3-6-16)25-12-4-7-17(15-25)21-23-14-18-13-22-11-10-19(18)24-21/h1-3,5-6,14,17,22H,4,7-13,15H2/t17-/m0/s1. The fraction of sp³-hybridized carbons (Fsp3) is 0.476. The van der Waals surface area contributed by atoms with Crippen molar-refractivity contribution in [3.63, 3.8) is 0 Å². The Kier molecular flexibility index (Phi) is 5.25. The maximum absolute atomic E-state index is 12.7. The summed E-state index contributed by atoms with van der Waals surface area (Å²) in [5, 5.41) is 3.36. The minimum Gasteiger partial charge on any atom is -0.342 e. The van der Waals surface area contributed by atoms with E-state index in [4.69, 9.17) is 4.98 Å². The average molecular weight is 350 g/mol. The highest BCUT2D eigenvalue weighted by atomic mass is 16.2.